The van der Waals surface area contributed by atoms with Gasteiger partial charge in [0.1, 0.15) is 0 Å². The summed E-state index contributed by atoms with van der Waals surface area (Å²) in [6.45, 7) is 4.35. The van der Waals surface area contributed by atoms with Crippen molar-refractivity contribution in [2.24, 2.45) is 0 Å². The van der Waals surface area contributed by atoms with Crippen LogP contribution in [0.1, 0.15) is 37.6 Å². The van der Waals surface area contributed by atoms with Gasteiger partial charge in [-0.15, -0.1) is 11.3 Å². The number of halogens is 2. The molecule has 5 heteroatoms. The zero-order valence-electron chi connectivity index (χ0n) is 10.8. The summed E-state index contributed by atoms with van der Waals surface area (Å²) in [5.74, 6) is 0.383. The van der Waals surface area contributed by atoms with E-state index in [0.29, 0.717) is 5.92 Å². The van der Waals surface area contributed by atoms with E-state index < -0.39 is 0 Å². The lowest BCUT2D eigenvalue weighted by molar-refractivity contribution is 0.476. The van der Waals surface area contributed by atoms with Gasteiger partial charge >= 0.3 is 0 Å². The molecule has 0 radical (unpaired) electrons. The van der Waals surface area contributed by atoms with E-state index in [9.17, 15) is 5.11 Å². The Kier molecular flexibility index (Phi) is 4.71. The molecular weight excluding hydrogens is 301 g/mol. The van der Waals surface area contributed by atoms with Crippen LogP contribution >= 0.6 is 34.5 Å². The lowest BCUT2D eigenvalue weighted by Crippen LogP contribution is -1.91. The fraction of sp³-hybridized carbons (Fsp3) is 0.357. The Hall–Kier alpha value is -0.770. The Morgan fingerprint density at radius 2 is 1.95 bits per heavy atom. The molecule has 0 spiro atoms. The summed E-state index contributed by atoms with van der Waals surface area (Å²) in [4.78, 5) is 4.63. The Labute approximate surface area is 127 Å². The van der Waals surface area contributed by atoms with E-state index in [-0.39, 0.29) is 15.8 Å². The molecule has 1 N–H and O–H groups in total. The normalized spacial score (nSPS) is 12.6. The summed E-state index contributed by atoms with van der Waals surface area (Å²) in [6, 6.07) is 3.37. The molecule has 0 aliphatic rings. The number of hydrogen-bond acceptors (Lipinski definition) is 3. The molecule has 0 bridgehead atoms. The highest BCUT2D eigenvalue weighted by molar-refractivity contribution is 7.10. The van der Waals surface area contributed by atoms with Gasteiger partial charge in [-0.3, -0.25) is 0 Å². The van der Waals surface area contributed by atoms with Gasteiger partial charge in [0.05, 0.1) is 20.7 Å². The van der Waals surface area contributed by atoms with E-state index in [4.69, 9.17) is 23.2 Å². The summed E-state index contributed by atoms with van der Waals surface area (Å²) < 4.78 is 0. The first-order chi connectivity index (χ1) is 9.02. The van der Waals surface area contributed by atoms with Gasteiger partial charge in [0.25, 0.3) is 0 Å². The highest BCUT2D eigenvalue weighted by Gasteiger charge is 2.13. The molecule has 1 aromatic carbocycles. The fourth-order valence-corrected chi connectivity index (χ4v) is 3.33. The van der Waals surface area contributed by atoms with Crippen LogP contribution in [0.2, 0.25) is 10.0 Å². The second kappa shape index (κ2) is 6.12. The number of nitrogens with zero attached hydrogens (tertiary/aromatic N) is 1. The average Bonchev–Trinajstić information content (AvgIpc) is 2.85. The van der Waals surface area contributed by atoms with Crippen LogP contribution in [-0.2, 0) is 0 Å². The van der Waals surface area contributed by atoms with Crippen LogP contribution in [-0.4, -0.2) is 10.1 Å². The van der Waals surface area contributed by atoms with Gasteiger partial charge in [0.2, 0.25) is 0 Å². The number of benzene rings is 1. The number of aromatic hydroxyl groups is 1. The largest absolute Gasteiger partial charge is 0.505 e. The topological polar surface area (TPSA) is 33.1 Å². The van der Waals surface area contributed by atoms with Gasteiger partial charge in [-0.1, -0.05) is 43.5 Å². The Balaban J connectivity index is 2.33. The van der Waals surface area contributed by atoms with Crippen LogP contribution < -0.4 is 0 Å². The smallest absolute Gasteiger partial charge is 0.152 e. The van der Waals surface area contributed by atoms with Gasteiger partial charge < -0.3 is 5.11 Å². The molecule has 0 saturated heterocycles. The quantitative estimate of drug-likeness (QED) is 0.782. The maximum atomic E-state index is 9.56. The molecule has 102 valence electrons. The van der Waals surface area contributed by atoms with Crippen LogP contribution in [0.25, 0.3) is 11.3 Å². The van der Waals surface area contributed by atoms with Crippen molar-refractivity contribution in [1.82, 2.24) is 4.98 Å². The van der Waals surface area contributed by atoms with E-state index >= 15 is 0 Å². The highest BCUT2D eigenvalue weighted by atomic mass is 35.5. The number of rotatable bonds is 4. The minimum Gasteiger partial charge on any atom is -0.505 e. The molecule has 0 amide bonds. The van der Waals surface area contributed by atoms with Gasteiger partial charge in [-0.2, -0.15) is 0 Å². The van der Waals surface area contributed by atoms with E-state index in [1.807, 2.05) is 5.38 Å². The van der Waals surface area contributed by atoms with Crippen molar-refractivity contribution in [3.05, 3.63) is 32.6 Å². The predicted molar refractivity (Wildman–Crippen MR) is 82.6 cm³/mol. The molecular formula is C14H15Cl2NOS. The van der Waals surface area contributed by atoms with Crippen molar-refractivity contribution in [1.29, 1.82) is 0 Å². The highest BCUT2D eigenvalue weighted by Crippen LogP contribution is 2.37. The lowest BCUT2D eigenvalue weighted by Gasteiger charge is -2.05. The number of phenols is 1. The lowest BCUT2D eigenvalue weighted by atomic mass is 10.1. The molecule has 0 saturated carbocycles. The van der Waals surface area contributed by atoms with Gasteiger partial charge in [0, 0.05) is 16.9 Å². The molecule has 0 aliphatic carbocycles. The maximum Gasteiger partial charge on any atom is 0.152 e. The maximum absolute atomic E-state index is 9.56. The van der Waals surface area contributed by atoms with Crippen LogP contribution in [0.4, 0.5) is 0 Å². The number of thiazole rings is 1. The Bertz CT molecular complexity index is 560. The second-order valence-corrected chi connectivity index (χ2v) is 6.25. The third-order valence-electron chi connectivity index (χ3n) is 2.98. The van der Waals surface area contributed by atoms with Crippen LogP contribution in [0, 0.1) is 0 Å². The Morgan fingerprint density at radius 1 is 1.32 bits per heavy atom. The number of hydrogen-bond donors (Lipinski definition) is 1. The monoisotopic (exact) mass is 315 g/mol. The van der Waals surface area contributed by atoms with Gasteiger partial charge in [-0.25, -0.2) is 4.98 Å². The first-order valence-corrected chi connectivity index (χ1v) is 7.80. The molecule has 1 aromatic heterocycles. The van der Waals surface area contributed by atoms with Crippen molar-refractivity contribution in [3.63, 3.8) is 0 Å². The molecule has 19 heavy (non-hydrogen) atoms. The zero-order valence-corrected chi connectivity index (χ0v) is 13.1. The van der Waals surface area contributed by atoms with E-state index in [1.54, 1.807) is 23.5 Å². The summed E-state index contributed by atoms with van der Waals surface area (Å²) in [5.41, 5.74) is 1.69. The van der Waals surface area contributed by atoms with Crippen LogP contribution in [0.3, 0.4) is 0 Å². The van der Waals surface area contributed by atoms with E-state index in [0.717, 1.165) is 29.1 Å². The number of phenolic OH excluding ortho intramolecular Hbond substituents is 1. The van der Waals surface area contributed by atoms with Crippen LogP contribution in [0.15, 0.2) is 17.5 Å². The average molecular weight is 316 g/mol. The zero-order chi connectivity index (χ0) is 14.0. The third kappa shape index (κ3) is 3.22. The summed E-state index contributed by atoms with van der Waals surface area (Å²) in [6.07, 6.45) is 2.27. The molecule has 0 fully saturated rings. The van der Waals surface area contributed by atoms with Gasteiger partial charge in [0.15, 0.2) is 5.75 Å². The van der Waals surface area contributed by atoms with Crippen molar-refractivity contribution in [2.45, 2.75) is 32.6 Å². The molecule has 2 aromatic rings. The van der Waals surface area contributed by atoms with Crippen molar-refractivity contribution < 1.29 is 5.11 Å². The molecule has 1 heterocycles. The number of aromatic nitrogens is 1. The third-order valence-corrected chi connectivity index (χ3v) is 4.63. The molecule has 1 atom stereocenters. The molecule has 0 aliphatic heterocycles. The van der Waals surface area contributed by atoms with Gasteiger partial charge in [-0.05, 0) is 18.6 Å². The minimum atomic E-state index is -0.0816. The standard InChI is InChI=1S/C14H15Cl2NOS/c1-3-4-8(2)14-17-12(7-19-14)9-5-10(15)13(18)11(16)6-9/h5-8,18H,3-4H2,1-2H3. The first-order valence-electron chi connectivity index (χ1n) is 6.16. The summed E-state index contributed by atoms with van der Waals surface area (Å²) >= 11 is 13.5. The SMILES string of the molecule is CCCC(C)c1nc(-c2cc(Cl)c(O)c(Cl)c2)cs1. The van der Waals surface area contributed by atoms with Crippen molar-refractivity contribution in [3.8, 4) is 17.0 Å². The minimum absolute atomic E-state index is 0.0816. The summed E-state index contributed by atoms with van der Waals surface area (Å²) in [7, 11) is 0. The van der Waals surface area contributed by atoms with Crippen molar-refractivity contribution >= 4 is 34.5 Å². The van der Waals surface area contributed by atoms with E-state index in [2.05, 4.69) is 18.8 Å². The van der Waals surface area contributed by atoms with Crippen LogP contribution in [0.5, 0.6) is 5.75 Å². The van der Waals surface area contributed by atoms with Crippen molar-refractivity contribution in [2.75, 3.05) is 0 Å². The van der Waals surface area contributed by atoms with E-state index in [1.165, 1.54) is 0 Å². The Morgan fingerprint density at radius 3 is 2.53 bits per heavy atom. The molecule has 2 nitrogen and oxygen atoms in total. The first kappa shape index (κ1) is 14.6. The second-order valence-electron chi connectivity index (χ2n) is 4.55. The fourth-order valence-electron chi connectivity index (χ4n) is 1.92. The molecule has 2 rings (SSSR count). The molecule has 1 unspecified atom stereocenters. The predicted octanol–water partition coefficient (Wildman–Crippen LogP) is 5.73. The summed E-state index contributed by atoms with van der Waals surface area (Å²) in [5, 5.41) is 13.2.